The maximum absolute atomic E-state index is 11.2. The van der Waals surface area contributed by atoms with Crippen LogP contribution in [-0.4, -0.2) is 45.4 Å². The van der Waals surface area contributed by atoms with Crippen molar-refractivity contribution in [1.29, 1.82) is 0 Å². The summed E-state index contributed by atoms with van der Waals surface area (Å²) in [4.78, 5) is 18.2. The van der Waals surface area contributed by atoms with Crippen LogP contribution in [0.4, 0.5) is 11.6 Å². The van der Waals surface area contributed by atoms with Gasteiger partial charge in [0.15, 0.2) is 0 Å². The number of imidazole rings is 1. The van der Waals surface area contributed by atoms with Crippen molar-refractivity contribution in [1.82, 2.24) is 14.3 Å². The van der Waals surface area contributed by atoms with Crippen molar-refractivity contribution < 1.29 is 4.92 Å². The summed E-state index contributed by atoms with van der Waals surface area (Å²) in [5.74, 6) is 0.412. The highest BCUT2D eigenvalue weighted by Gasteiger charge is 2.23. The number of fused-ring (bicyclic) bond motifs is 1. The number of nitrogens with one attached hydrogen (secondary N) is 1. The molecular weight excluding hydrogens is 290 g/mol. The predicted octanol–water partition coefficient (Wildman–Crippen LogP) is 2.59. The van der Waals surface area contributed by atoms with Gasteiger partial charge in [0.2, 0.25) is 5.82 Å². The van der Waals surface area contributed by atoms with Crippen LogP contribution >= 0.6 is 11.3 Å². The lowest BCUT2D eigenvalue weighted by Gasteiger charge is -2.26. The van der Waals surface area contributed by atoms with Gasteiger partial charge in [-0.3, -0.25) is 0 Å². The minimum Gasteiger partial charge on any atom is -0.363 e. The van der Waals surface area contributed by atoms with E-state index in [-0.39, 0.29) is 10.7 Å². The molecule has 0 aromatic carbocycles. The Morgan fingerprint density at radius 1 is 1.38 bits per heavy atom. The van der Waals surface area contributed by atoms with E-state index in [4.69, 9.17) is 0 Å². The highest BCUT2D eigenvalue weighted by molar-refractivity contribution is 7.15. The molecule has 7 nitrogen and oxygen atoms in total. The van der Waals surface area contributed by atoms with E-state index >= 15 is 0 Å². The Bertz CT molecular complexity index is 617. The van der Waals surface area contributed by atoms with Crippen molar-refractivity contribution in [3.05, 3.63) is 21.7 Å². The summed E-state index contributed by atoms with van der Waals surface area (Å²) in [6.45, 7) is 4.12. The van der Waals surface area contributed by atoms with Crippen molar-refractivity contribution in [2.24, 2.45) is 0 Å². The predicted molar refractivity (Wildman–Crippen MR) is 83.1 cm³/mol. The smallest absolute Gasteiger partial charge is 0.363 e. The summed E-state index contributed by atoms with van der Waals surface area (Å²) >= 11 is 1.40. The van der Waals surface area contributed by atoms with Gasteiger partial charge < -0.3 is 20.3 Å². The van der Waals surface area contributed by atoms with Gasteiger partial charge in [0, 0.05) is 11.9 Å². The Balaban J connectivity index is 1.56. The molecule has 1 fully saturated rings. The third kappa shape index (κ3) is 3.16. The van der Waals surface area contributed by atoms with Crippen LogP contribution in [0.25, 0.3) is 4.96 Å². The summed E-state index contributed by atoms with van der Waals surface area (Å²) in [5.41, 5.74) is 0. The van der Waals surface area contributed by atoms with Crippen molar-refractivity contribution in [2.45, 2.75) is 25.7 Å². The molecule has 0 bridgehead atoms. The number of nitrogens with zero attached hydrogens (tertiary/aromatic N) is 4. The van der Waals surface area contributed by atoms with Crippen LogP contribution in [-0.2, 0) is 0 Å². The minimum absolute atomic E-state index is 0.0317. The van der Waals surface area contributed by atoms with E-state index in [1.807, 2.05) is 0 Å². The second kappa shape index (κ2) is 6.40. The number of anilines is 1. The summed E-state index contributed by atoms with van der Waals surface area (Å²) < 4.78 is 1.53. The molecule has 1 saturated heterocycles. The van der Waals surface area contributed by atoms with Gasteiger partial charge in [-0.2, -0.15) is 9.38 Å². The number of thiazole rings is 1. The average Bonchev–Trinajstić information content (AvgIpc) is 3.04. The molecule has 1 N–H and O–H groups in total. The van der Waals surface area contributed by atoms with Crippen molar-refractivity contribution in [2.75, 3.05) is 31.5 Å². The van der Waals surface area contributed by atoms with Gasteiger partial charge in [0.05, 0.1) is 0 Å². The van der Waals surface area contributed by atoms with Crippen LogP contribution in [0.1, 0.15) is 25.7 Å². The topological polar surface area (TPSA) is 75.7 Å². The molecule has 0 unspecified atom stereocenters. The van der Waals surface area contributed by atoms with Gasteiger partial charge in [-0.15, -0.1) is 0 Å². The van der Waals surface area contributed by atoms with Crippen LogP contribution in [0.2, 0.25) is 0 Å². The Morgan fingerprint density at radius 3 is 2.95 bits per heavy atom. The number of aromatic nitrogens is 2. The second-order valence-electron chi connectivity index (χ2n) is 5.28. The fraction of sp³-hybridized carbons (Fsp3) is 0.615. The molecule has 21 heavy (non-hydrogen) atoms. The first kappa shape index (κ1) is 14.3. The first-order valence-electron chi connectivity index (χ1n) is 7.32. The molecule has 2 aromatic rings. The Labute approximate surface area is 126 Å². The normalized spacial score (nSPS) is 16.4. The van der Waals surface area contributed by atoms with E-state index in [1.54, 1.807) is 11.6 Å². The van der Waals surface area contributed by atoms with Gasteiger partial charge in [0.1, 0.15) is 6.20 Å². The number of hydrogen-bond acceptors (Lipinski definition) is 6. The first-order valence-corrected chi connectivity index (χ1v) is 8.20. The average molecular weight is 309 g/mol. The van der Waals surface area contributed by atoms with E-state index in [2.05, 4.69) is 15.2 Å². The Hall–Kier alpha value is -1.67. The number of piperidine rings is 1. The second-order valence-corrected chi connectivity index (χ2v) is 6.15. The zero-order chi connectivity index (χ0) is 14.7. The quantitative estimate of drug-likeness (QED) is 0.504. The molecule has 1 aliphatic rings. The van der Waals surface area contributed by atoms with Crippen LogP contribution < -0.4 is 5.32 Å². The standard InChI is InChI=1S/C13H19N5O2S/c19-18(20)12-11(15-13-17(12)9-10-21-13)14-5-4-8-16-6-2-1-3-7-16/h9-10,14H,1-8H2. The van der Waals surface area contributed by atoms with Gasteiger partial charge in [0.25, 0.3) is 4.96 Å². The maximum Gasteiger partial charge on any atom is 0.372 e. The summed E-state index contributed by atoms with van der Waals surface area (Å²) in [6.07, 6.45) is 6.57. The molecular formula is C13H19N5O2S. The molecule has 0 radical (unpaired) electrons. The van der Waals surface area contributed by atoms with E-state index in [1.165, 1.54) is 48.1 Å². The van der Waals surface area contributed by atoms with E-state index in [0.717, 1.165) is 13.0 Å². The van der Waals surface area contributed by atoms with Gasteiger partial charge in [-0.05, 0) is 43.8 Å². The molecule has 2 aromatic heterocycles. The molecule has 0 amide bonds. The lowest BCUT2D eigenvalue weighted by atomic mass is 10.1. The molecule has 3 rings (SSSR count). The summed E-state index contributed by atoms with van der Waals surface area (Å²) in [7, 11) is 0. The third-order valence-corrected chi connectivity index (χ3v) is 4.56. The molecule has 0 spiro atoms. The number of nitro groups is 1. The van der Waals surface area contributed by atoms with Crippen molar-refractivity contribution in [3.8, 4) is 0 Å². The Morgan fingerprint density at radius 2 is 2.19 bits per heavy atom. The highest BCUT2D eigenvalue weighted by Crippen LogP contribution is 2.27. The van der Waals surface area contributed by atoms with Crippen LogP contribution in [0.15, 0.2) is 11.6 Å². The maximum atomic E-state index is 11.2. The molecule has 1 aliphatic heterocycles. The molecule has 0 saturated carbocycles. The first-order chi connectivity index (χ1) is 10.3. The fourth-order valence-corrected chi connectivity index (χ4v) is 3.47. The highest BCUT2D eigenvalue weighted by atomic mass is 32.1. The molecule has 8 heteroatoms. The van der Waals surface area contributed by atoms with Crippen molar-refractivity contribution in [3.63, 3.8) is 0 Å². The van der Waals surface area contributed by atoms with Crippen LogP contribution in [0.3, 0.4) is 0 Å². The molecule has 3 heterocycles. The Kier molecular flexibility index (Phi) is 4.35. The molecule has 0 atom stereocenters. The van der Waals surface area contributed by atoms with E-state index < -0.39 is 0 Å². The summed E-state index contributed by atoms with van der Waals surface area (Å²) in [6, 6.07) is 0. The zero-order valence-corrected chi connectivity index (χ0v) is 12.6. The lowest BCUT2D eigenvalue weighted by Crippen LogP contribution is -2.31. The molecule has 0 aliphatic carbocycles. The number of likely N-dealkylation sites (tertiary alicyclic amines) is 1. The number of rotatable bonds is 6. The van der Waals surface area contributed by atoms with E-state index in [0.29, 0.717) is 17.3 Å². The van der Waals surface area contributed by atoms with Gasteiger partial charge in [-0.25, -0.2) is 0 Å². The summed E-state index contributed by atoms with van der Waals surface area (Å²) in [5, 5.41) is 16.1. The molecule has 114 valence electrons. The van der Waals surface area contributed by atoms with Crippen LogP contribution in [0, 0.1) is 10.1 Å². The fourth-order valence-electron chi connectivity index (χ4n) is 2.76. The SMILES string of the molecule is O=[N+]([O-])c1c(NCCCN2CCCCC2)nc2sccn12. The number of hydrogen-bond donors (Lipinski definition) is 1. The van der Waals surface area contributed by atoms with Gasteiger partial charge in [-0.1, -0.05) is 17.8 Å². The monoisotopic (exact) mass is 309 g/mol. The van der Waals surface area contributed by atoms with Crippen molar-refractivity contribution >= 4 is 27.9 Å². The minimum atomic E-state index is -0.375. The largest absolute Gasteiger partial charge is 0.372 e. The lowest BCUT2D eigenvalue weighted by molar-refractivity contribution is -0.389. The zero-order valence-electron chi connectivity index (χ0n) is 11.8. The van der Waals surface area contributed by atoms with Gasteiger partial charge >= 0.3 is 5.82 Å². The van der Waals surface area contributed by atoms with E-state index in [9.17, 15) is 10.1 Å². The third-order valence-electron chi connectivity index (χ3n) is 3.80. The van der Waals surface area contributed by atoms with Crippen LogP contribution in [0.5, 0.6) is 0 Å².